The number of aliphatic hydroxyl groups is 1. The summed E-state index contributed by atoms with van der Waals surface area (Å²) in [5, 5.41) is 13.9. The van der Waals surface area contributed by atoms with Gasteiger partial charge < -0.3 is 19.8 Å². The van der Waals surface area contributed by atoms with Crippen LogP contribution in [0.25, 0.3) is 0 Å². The topological polar surface area (TPSA) is 105 Å². The predicted molar refractivity (Wildman–Crippen MR) is 300 cm³/mol. The van der Waals surface area contributed by atoms with Crippen molar-refractivity contribution in [2.45, 2.75) is 302 Å². The van der Waals surface area contributed by atoms with Crippen molar-refractivity contribution in [2.75, 3.05) is 40.9 Å². The van der Waals surface area contributed by atoms with Gasteiger partial charge in [0.25, 0.3) is 0 Å². The lowest BCUT2D eigenvalue weighted by Gasteiger charge is -2.25. The zero-order chi connectivity index (χ0) is 50.6. The summed E-state index contributed by atoms with van der Waals surface area (Å²) < 4.78 is 23.7. The van der Waals surface area contributed by atoms with Crippen molar-refractivity contribution >= 4 is 13.7 Å². The van der Waals surface area contributed by atoms with Gasteiger partial charge in [0, 0.05) is 6.42 Å². The highest BCUT2D eigenvalue weighted by atomic mass is 31.2. The number of aliphatic hydroxyl groups excluding tert-OH is 1. The molecule has 0 radical (unpaired) electrons. The summed E-state index contributed by atoms with van der Waals surface area (Å²) in [6, 6.07) is -0.854. The molecule has 8 nitrogen and oxygen atoms in total. The van der Waals surface area contributed by atoms with Crippen molar-refractivity contribution in [3.8, 4) is 0 Å². The molecule has 408 valence electrons. The Bertz CT molecular complexity index is 1220. The summed E-state index contributed by atoms with van der Waals surface area (Å²) in [5.74, 6) is -0.188. The molecule has 3 unspecified atom stereocenters. The number of amides is 1. The van der Waals surface area contributed by atoms with Crippen molar-refractivity contribution in [1.82, 2.24) is 5.32 Å². The van der Waals surface area contributed by atoms with Gasteiger partial charge in [-0.25, -0.2) is 4.57 Å². The fraction of sp³-hybridized carbons (Fsp3) is 0.883. The van der Waals surface area contributed by atoms with Gasteiger partial charge in [0.05, 0.1) is 39.9 Å². The van der Waals surface area contributed by atoms with Gasteiger partial charge in [-0.3, -0.25) is 13.8 Å². The van der Waals surface area contributed by atoms with Gasteiger partial charge in [-0.05, 0) is 51.4 Å². The zero-order valence-corrected chi connectivity index (χ0v) is 47.5. The van der Waals surface area contributed by atoms with Crippen LogP contribution in [0.5, 0.6) is 0 Å². The number of rotatable bonds is 55. The molecule has 0 aromatic carbocycles. The molecule has 0 spiro atoms. The maximum absolute atomic E-state index is 12.9. The average molecular weight is 995 g/mol. The van der Waals surface area contributed by atoms with Crippen molar-refractivity contribution in [1.29, 1.82) is 0 Å². The minimum absolute atomic E-state index is 0.0589. The molecule has 0 rings (SSSR count). The molecule has 69 heavy (non-hydrogen) atoms. The number of quaternary nitrogens is 1. The molecule has 1 amide bonds. The van der Waals surface area contributed by atoms with E-state index in [1.54, 1.807) is 6.08 Å². The summed E-state index contributed by atoms with van der Waals surface area (Å²) in [4.78, 5) is 23.3. The minimum Gasteiger partial charge on any atom is -0.387 e. The second-order valence-electron chi connectivity index (χ2n) is 21.7. The van der Waals surface area contributed by atoms with Gasteiger partial charge in [-0.2, -0.15) is 0 Å². The Morgan fingerprint density at radius 3 is 1.20 bits per heavy atom. The van der Waals surface area contributed by atoms with E-state index in [1.165, 1.54) is 205 Å². The minimum atomic E-state index is -4.35. The average Bonchev–Trinajstić information content (AvgIpc) is 3.31. The Kier molecular flexibility index (Phi) is 50.7. The SMILES string of the molecule is CCCCCC/C=C\C/C=C\CCCCCCCC(=O)NC(COP(=O)(O)OCC[N+](C)(C)C)C(O)/C=C/CCCCCCCCCCCCCCCCCCCCCCCCCCCCCCC. The zero-order valence-electron chi connectivity index (χ0n) is 46.6. The van der Waals surface area contributed by atoms with E-state index in [0.29, 0.717) is 17.4 Å². The van der Waals surface area contributed by atoms with Crippen LogP contribution in [0.3, 0.4) is 0 Å². The summed E-state index contributed by atoms with van der Waals surface area (Å²) in [5.41, 5.74) is 0. The van der Waals surface area contributed by atoms with Crippen molar-refractivity contribution in [3.63, 3.8) is 0 Å². The van der Waals surface area contributed by atoms with Crippen LogP contribution in [-0.4, -0.2) is 73.4 Å². The fourth-order valence-electron chi connectivity index (χ4n) is 8.90. The number of phosphoric ester groups is 1. The first-order chi connectivity index (χ1) is 33.5. The monoisotopic (exact) mass is 994 g/mol. The number of nitrogens with zero attached hydrogens (tertiary/aromatic N) is 1. The van der Waals surface area contributed by atoms with E-state index in [1.807, 2.05) is 27.2 Å². The van der Waals surface area contributed by atoms with Crippen molar-refractivity contribution in [2.24, 2.45) is 0 Å². The molecule has 0 fully saturated rings. The summed E-state index contributed by atoms with van der Waals surface area (Å²) in [6.45, 7) is 4.82. The molecular weight excluding hydrogens is 876 g/mol. The first-order valence-electron chi connectivity index (χ1n) is 29.9. The van der Waals surface area contributed by atoms with E-state index in [0.717, 1.165) is 64.2 Å². The molecule has 0 bridgehead atoms. The number of hydrogen-bond acceptors (Lipinski definition) is 5. The van der Waals surface area contributed by atoms with Crippen LogP contribution in [0.4, 0.5) is 0 Å². The molecule has 9 heteroatoms. The highest BCUT2D eigenvalue weighted by molar-refractivity contribution is 7.47. The third kappa shape index (κ3) is 54.3. The van der Waals surface area contributed by atoms with Gasteiger partial charge >= 0.3 is 7.82 Å². The maximum Gasteiger partial charge on any atom is 0.472 e. The van der Waals surface area contributed by atoms with Crippen LogP contribution in [0.2, 0.25) is 0 Å². The number of unbranched alkanes of at least 4 members (excludes halogenated alkanes) is 38. The maximum atomic E-state index is 12.9. The second-order valence-corrected chi connectivity index (χ2v) is 23.2. The summed E-state index contributed by atoms with van der Waals surface area (Å²) >= 11 is 0. The van der Waals surface area contributed by atoms with Gasteiger partial charge in [-0.1, -0.05) is 269 Å². The van der Waals surface area contributed by atoms with Crippen LogP contribution >= 0.6 is 7.82 Å². The van der Waals surface area contributed by atoms with E-state index < -0.39 is 20.0 Å². The second kappa shape index (κ2) is 51.6. The van der Waals surface area contributed by atoms with Crippen LogP contribution in [0.15, 0.2) is 36.5 Å². The number of carbonyl (C=O) groups is 1. The van der Waals surface area contributed by atoms with E-state index in [4.69, 9.17) is 9.05 Å². The van der Waals surface area contributed by atoms with Crippen molar-refractivity contribution in [3.05, 3.63) is 36.5 Å². The highest BCUT2D eigenvalue weighted by Crippen LogP contribution is 2.43. The van der Waals surface area contributed by atoms with E-state index in [-0.39, 0.29) is 19.1 Å². The normalized spacial score (nSPS) is 14.1. The lowest BCUT2D eigenvalue weighted by Crippen LogP contribution is -2.45. The lowest BCUT2D eigenvalue weighted by atomic mass is 10.0. The molecule has 0 aromatic heterocycles. The number of nitrogens with one attached hydrogen (secondary N) is 1. The van der Waals surface area contributed by atoms with Crippen LogP contribution < -0.4 is 5.32 Å². The first-order valence-corrected chi connectivity index (χ1v) is 31.4. The van der Waals surface area contributed by atoms with Crippen LogP contribution in [0.1, 0.15) is 290 Å². The van der Waals surface area contributed by atoms with Gasteiger partial charge in [-0.15, -0.1) is 0 Å². The molecule has 0 saturated heterocycles. The molecular formula is C60H118N2O6P+. The molecule has 3 atom stereocenters. The summed E-state index contributed by atoms with van der Waals surface area (Å²) in [7, 11) is 1.57. The molecule has 0 aliphatic rings. The molecule has 0 aliphatic heterocycles. The van der Waals surface area contributed by atoms with Crippen LogP contribution in [-0.2, 0) is 18.4 Å². The smallest absolute Gasteiger partial charge is 0.387 e. The number of likely N-dealkylation sites (N-methyl/N-ethyl adjacent to an activating group) is 1. The number of carbonyl (C=O) groups excluding carboxylic acids is 1. The third-order valence-electron chi connectivity index (χ3n) is 13.6. The Balaban J connectivity index is 4.10. The number of phosphoric acid groups is 1. The fourth-order valence-corrected chi connectivity index (χ4v) is 9.63. The molecule has 0 aliphatic carbocycles. The quantitative estimate of drug-likeness (QED) is 0.0243. The van der Waals surface area contributed by atoms with E-state index in [9.17, 15) is 19.4 Å². The largest absolute Gasteiger partial charge is 0.472 e. The van der Waals surface area contributed by atoms with Gasteiger partial charge in [0.1, 0.15) is 13.2 Å². The number of hydrogen-bond donors (Lipinski definition) is 3. The predicted octanol–water partition coefficient (Wildman–Crippen LogP) is 18.2. The summed E-state index contributed by atoms with van der Waals surface area (Å²) in [6.07, 6.45) is 66.9. The highest BCUT2D eigenvalue weighted by Gasteiger charge is 2.27. The standard InChI is InChI=1S/C60H117N2O6P/c1-6-8-10-12-14-16-18-20-22-24-25-26-27-28-29-30-31-32-33-34-35-36-37-38-39-41-43-45-47-49-51-53-59(63)58(57-68-69(65,66)67-56-55-62(3,4)5)61-60(64)54-52-50-48-46-44-42-40-23-21-19-17-15-13-11-9-7-2/h17,19,23,40,51,53,58-59,63H,6-16,18,20-22,24-39,41-50,52,54-57H2,1-5H3,(H-,61,64,65,66)/p+1/b19-17-,40-23-,53-51+. The van der Waals surface area contributed by atoms with Crippen molar-refractivity contribution < 1.29 is 32.9 Å². The molecule has 0 saturated carbocycles. The van der Waals surface area contributed by atoms with Gasteiger partial charge in [0.2, 0.25) is 5.91 Å². The van der Waals surface area contributed by atoms with Gasteiger partial charge in [0.15, 0.2) is 0 Å². The number of allylic oxidation sites excluding steroid dienone is 5. The molecule has 0 aromatic rings. The Morgan fingerprint density at radius 2 is 0.826 bits per heavy atom. The third-order valence-corrected chi connectivity index (χ3v) is 14.6. The lowest BCUT2D eigenvalue weighted by molar-refractivity contribution is -0.870. The Labute approximate surface area is 429 Å². The Hall–Kier alpha value is -1.28. The van der Waals surface area contributed by atoms with E-state index in [2.05, 4.69) is 43.5 Å². The molecule has 0 heterocycles. The van der Waals surface area contributed by atoms with E-state index >= 15 is 0 Å². The Morgan fingerprint density at radius 1 is 0.493 bits per heavy atom. The molecule has 3 N–H and O–H groups in total. The first kappa shape index (κ1) is 67.7. The van der Waals surface area contributed by atoms with Crippen LogP contribution in [0, 0.1) is 0 Å².